The van der Waals surface area contributed by atoms with Crippen molar-refractivity contribution in [2.45, 2.75) is 19.3 Å². The summed E-state index contributed by atoms with van der Waals surface area (Å²) in [4.78, 5) is 10.6. The molecule has 0 aromatic heterocycles. The summed E-state index contributed by atoms with van der Waals surface area (Å²) in [5, 5.41) is 11.0. The van der Waals surface area contributed by atoms with E-state index in [4.69, 9.17) is 10.5 Å². The molecule has 1 saturated carbocycles. The van der Waals surface area contributed by atoms with Crippen LogP contribution in [0.15, 0.2) is 22.7 Å². The molecule has 6 heteroatoms. The summed E-state index contributed by atoms with van der Waals surface area (Å²) in [5.74, 6) is 1.22. The number of hydrogen-bond acceptors (Lipinski definition) is 4. The number of nitro groups is 1. The number of nitrogens with two attached hydrogens (primary N) is 1. The van der Waals surface area contributed by atoms with E-state index in [0.717, 1.165) is 12.8 Å². The van der Waals surface area contributed by atoms with Crippen molar-refractivity contribution in [2.75, 3.05) is 13.2 Å². The lowest BCUT2D eigenvalue weighted by Gasteiger charge is -2.18. The number of hydrogen-bond donors (Lipinski definition) is 1. The number of benzene rings is 1. The first kappa shape index (κ1) is 14.3. The van der Waals surface area contributed by atoms with Gasteiger partial charge < -0.3 is 10.5 Å². The van der Waals surface area contributed by atoms with Crippen LogP contribution in [0.1, 0.15) is 19.3 Å². The minimum atomic E-state index is -0.421. The highest BCUT2D eigenvalue weighted by Gasteiger charge is 2.27. The Hall–Kier alpha value is -1.14. The highest BCUT2D eigenvalue weighted by molar-refractivity contribution is 9.10. The molecule has 5 nitrogen and oxygen atoms in total. The molecular weight excluding hydrogens is 312 g/mol. The molecular formula is C13H17BrN2O3. The SMILES string of the molecule is NCC1CCCC1COc1ccc(Br)cc1[N+](=O)[O-]. The van der Waals surface area contributed by atoms with Gasteiger partial charge in [0.25, 0.3) is 0 Å². The Labute approximate surface area is 120 Å². The fraction of sp³-hybridized carbons (Fsp3) is 0.538. The van der Waals surface area contributed by atoms with E-state index >= 15 is 0 Å². The minimum Gasteiger partial charge on any atom is -0.487 e. The molecule has 0 heterocycles. The Kier molecular flexibility index (Phi) is 4.76. The highest BCUT2D eigenvalue weighted by atomic mass is 79.9. The van der Waals surface area contributed by atoms with Crippen molar-refractivity contribution in [1.82, 2.24) is 0 Å². The molecule has 104 valence electrons. The molecule has 1 aromatic carbocycles. The van der Waals surface area contributed by atoms with E-state index in [-0.39, 0.29) is 5.69 Å². The van der Waals surface area contributed by atoms with Gasteiger partial charge in [-0.2, -0.15) is 0 Å². The predicted octanol–water partition coefficient (Wildman–Crippen LogP) is 3.11. The van der Waals surface area contributed by atoms with Crippen molar-refractivity contribution >= 4 is 21.6 Å². The normalized spacial score (nSPS) is 22.4. The lowest BCUT2D eigenvalue weighted by Crippen LogP contribution is -2.23. The molecule has 1 aromatic rings. The van der Waals surface area contributed by atoms with Crippen molar-refractivity contribution in [2.24, 2.45) is 17.6 Å². The van der Waals surface area contributed by atoms with Gasteiger partial charge in [-0.1, -0.05) is 22.4 Å². The molecule has 0 radical (unpaired) electrons. The standard InChI is InChI=1S/C13H17BrN2O3/c14-11-4-5-13(12(6-11)16(17)18)19-8-10-3-1-2-9(10)7-15/h4-6,9-10H,1-3,7-8,15H2. The van der Waals surface area contributed by atoms with Gasteiger partial charge in [0, 0.05) is 10.5 Å². The van der Waals surface area contributed by atoms with Gasteiger partial charge in [-0.15, -0.1) is 0 Å². The number of rotatable bonds is 5. The summed E-state index contributed by atoms with van der Waals surface area (Å²) in [6.45, 7) is 1.17. The Bertz CT molecular complexity index is 467. The van der Waals surface area contributed by atoms with Gasteiger partial charge in [-0.25, -0.2) is 0 Å². The molecule has 19 heavy (non-hydrogen) atoms. The fourth-order valence-corrected chi connectivity index (χ4v) is 2.94. The molecule has 0 saturated heterocycles. The number of halogens is 1. The van der Waals surface area contributed by atoms with Gasteiger partial charge in [-0.3, -0.25) is 10.1 Å². The molecule has 0 spiro atoms. The van der Waals surface area contributed by atoms with Crippen LogP contribution in [0.4, 0.5) is 5.69 Å². The summed E-state index contributed by atoms with van der Waals surface area (Å²) in [6, 6.07) is 4.84. The first-order valence-corrected chi connectivity index (χ1v) is 7.18. The Morgan fingerprint density at radius 1 is 1.42 bits per heavy atom. The number of nitrogens with zero attached hydrogens (tertiary/aromatic N) is 1. The van der Waals surface area contributed by atoms with Crippen LogP contribution < -0.4 is 10.5 Å². The molecule has 1 aliphatic rings. The van der Waals surface area contributed by atoms with E-state index in [1.807, 2.05) is 0 Å². The summed E-state index contributed by atoms with van der Waals surface area (Å²) >= 11 is 3.23. The van der Waals surface area contributed by atoms with Crippen molar-refractivity contribution in [3.63, 3.8) is 0 Å². The van der Waals surface area contributed by atoms with Gasteiger partial charge in [0.05, 0.1) is 11.5 Å². The van der Waals surface area contributed by atoms with Gasteiger partial charge in [-0.05, 0) is 43.4 Å². The molecule has 2 unspecified atom stereocenters. The summed E-state index contributed by atoms with van der Waals surface area (Å²) in [6.07, 6.45) is 3.39. The third-order valence-corrected chi connectivity index (χ3v) is 4.18. The lowest BCUT2D eigenvalue weighted by molar-refractivity contribution is -0.386. The van der Waals surface area contributed by atoms with E-state index in [2.05, 4.69) is 15.9 Å². The second-order valence-electron chi connectivity index (χ2n) is 4.87. The van der Waals surface area contributed by atoms with E-state index < -0.39 is 4.92 Å². The number of nitro benzene ring substituents is 1. The minimum absolute atomic E-state index is 0.00308. The molecule has 0 amide bonds. The first-order chi connectivity index (χ1) is 9.11. The monoisotopic (exact) mass is 328 g/mol. The van der Waals surface area contributed by atoms with Crippen LogP contribution in [0.5, 0.6) is 5.75 Å². The van der Waals surface area contributed by atoms with E-state index in [9.17, 15) is 10.1 Å². The molecule has 0 aliphatic heterocycles. The van der Waals surface area contributed by atoms with Crippen molar-refractivity contribution in [1.29, 1.82) is 0 Å². The Balaban J connectivity index is 2.05. The second-order valence-corrected chi connectivity index (χ2v) is 5.78. The first-order valence-electron chi connectivity index (χ1n) is 6.38. The maximum atomic E-state index is 11.0. The zero-order chi connectivity index (χ0) is 13.8. The van der Waals surface area contributed by atoms with Crippen molar-refractivity contribution < 1.29 is 9.66 Å². The van der Waals surface area contributed by atoms with Gasteiger partial charge >= 0.3 is 5.69 Å². The Morgan fingerprint density at radius 3 is 2.84 bits per heavy atom. The van der Waals surface area contributed by atoms with Gasteiger partial charge in [0.1, 0.15) is 0 Å². The van der Waals surface area contributed by atoms with E-state index in [0.29, 0.717) is 35.2 Å². The summed E-state index contributed by atoms with van der Waals surface area (Å²) in [5.41, 5.74) is 5.72. The molecule has 1 fully saturated rings. The van der Waals surface area contributed by atoms with E-state index in [1.165, 1.54) is 12.5 Å². The zero-order valence-electron chi connectivity index (χ0n) is 10.5. The topological polar surface area (TPSA) is 78.4 Å². The van der Waals surface area contributed by atoms with Crippen LogP contribution >= 0.6 is 15.9 Å². The molecule has 2 atom stereocenters. The van der Waals surface area contributed by atoms with E-state index in [1.54, 1.807) is 12.1 Å². The maximum absolute atomic E-state index is 11.0. The average molecular weight is 329 g/mol. The predicted molar refractivity (Wildman–Crippen MR) is 76.2 cm³/mol. The molecule has 2 rings (SSSR count). The molecule has 0 bridgehead atoms. The summed E-state index contributed by atoms with van der Waals surface area (Å²) in [7, 11) is 0. The third-order valence-electron chi connectivity index (χ3n) is 3.69. The van der Waals surface area contributed by atoms with Crippen LogP contribution in [-0.2, 0) is 0 Å². The maximum Gasteiger partial charge on any atom is 0.312 e. The number of ether oxygens (including phenoxy) is 1. The second kappa shape index (κ2) is 6.34. The average Bonchev–Trinajstić information content (AvgIpc) is 2.84. The Morgan fingerprint density at radius 2 is 2.16 bits per heavy atom. The van der Waals surface area contributed by atoms with Crippen LogP contribution in [0, 0.1) is 22.0 Å². The summed E-state index contributed by atoms with van der Waals surface area (Å²) < 4.78 is 6.32. The quantitative estimate of drug-likeness (QED) is 0.665. The molecule has 2 N–H and O–H groups in total. The molecule has 1 aliphatic carbocycles. The van der Waals surface area contributed by atoms with Crippen LogP contribution in [0.25, 0.3) is 0 Å². The fourth-order valence-electron chi connectivity index (χ4n) is 2.60. The van der Waals surface area contributed by atoms with Crippen molar-refractivity contribution in [3.8, 4) is 5.75 Å². The van der Waals surface area contributed by atoms with Crippen LogP contribution in [0.2, 0.25) is 0 Å². The highest BCUT2D eigenvalue weighted by Crippen LogP contribution is 2.34. The lowest BCUT2D eigenvalue weighted by atomic mass is 9.97. The third kappa shape index (κ3) is 3.45. The van der Waals surface area contributed by atoms with Gasteiger partial charge in [0.15, 0.2) is 5.75 Å². The smallest absolute Gasteiger partial charge is 0.312 e. The van der Waals surface area contributed by atoms with Gasteiger partial charge in [0.2, 0.25) is 0 Å². The largest absolute Gasteiger partial charge is 0.487 e. The van der Waals surface area contributed by atoms with Crippen molar-refractivity contribution in [3.05, 3.63) is 32.8 Å². The zero-order valence-corrected chi connectivity index (χ0v) is 12.1. The van der Waals surface area contributed by atoms with Crippen LogP contribution in [-0.4, -0.2) is 18.1 Å². The van der Waals surface area contributed by atoms with Crippen LogP contribution in [0.3, 0.4) is 0 Å².